The fourth-order valence-corrected chi connectivity index (χ4v) is 3.54. The number of carbonyl (C=O) groups excluding carboxylic acids is 2. The van der Waals surface area contributed by atoms with Gasteiger partial charge in [-0.25, -0.2) is 23.2 Å². The molecule has 2 aliphatic rings. The number of aromatic nitrogens is 5. The minimum absolute atomic E-state index is 0.149. The van der Waals surface area contributed by atoms with Crippen LogP contribution in [0.4, 0.5) is 8.78 Å². The molecular weight excluding hydrogens is 396 g/mol. The molecule has 154 valence electrons. The molecular formula is C16H15F2N5O6. The van der Waals surface area contributed by atoms with Crippen LogP contribution in [-0.2, 0) is 23.8 Å². The molecule has 0 N–H and O–H groups in total. The summed E-state index contributed by atoms with van der Waals surface area (Å²) in [5, 5.41) is 3.85. The number of hydrogen-bond donors (Lipinski definition) is 0. The van der Waals surface area contributed by atoms with Crippen LogP contribution in [0.15, 0.2) is 29.7 Å². The van der Waals surface area contributed by atoms with Gasteiger partial charge in [0.05, 0.1) is 0 Å². The Balaban J connectivity index is 1.68. The van der Waals surface area contributed by atoms with Crippen molar-refractivity contribution < 1.29 is 32.6 Å². The van der Waals surface area contributed by atoms with Crippen molar-refractivity contribution in [2.24, 2.45) is 5.92 Å². The average molecular weight is 411 g/mol. The van der Waals surface area contributed by atoms with E-state index in [1.165, 1.54) is 29.6 Å². The zero-order valence-electron chi connectivity index (χ0n) is 15.2. The first-order valence-electron chi connectivity index (χ1n) is 8.48. The van der Waals surface area contributed by atoms with Crippen LogP contribution >= 0.6 is 0 Å². The van der Waals surface area contributed by atoms with Gasteiger partial charge in [-0.15, -0.1) is 0 Å². The van der Waals surface area contributed by atoms with Gasteiger partial charge in [-0.05, 0) is 6.07 Å². The van der Waals surface area contributed by atoms with Gasteiger partial charge in [0, 0.05) is 20.0 Å². The van der Waals surface area contributed by atoms with Crippen molar-refractivity contribution in [1.29, 1.82) is 0 Å². The lowest BCUT2D eigenvalue weighted by Gasteiger charge is -2.26. The maximum atomic E-state index is 14.5. The Hall–Kier alpha value is -3.22. The van der Waals surface area contributed by atoms with Crippen molar-refractivity contribution in [3.63, 3.8) is 0 Å². The summed E-state index contributed by atoms with van der Waals surface area (Å²) in [5.41, 5.74) is -3.03. The van der Waals surface area contributed by atoms with Crippen LogP contribution in [0.2, 0.25) is 0 Å². The Morgan fingerprint density at radius 1 is 1.31 bits per heavy atom. The standard InChI is InChI=1S/C16H15F2N5O6/c1-8(24)27-5-15-12(16(15,17)18)11(28-9(2)25)13(29-15)22-4-3-10(21-14(22)26)23-7-19-6-20-23/h3-4,6-7,11-13H,5H2,1-2H3/t11-,12+,13-,15-/m1/s1. The highest BCUT2D eigenvalue weighted by atomic mass is 19.3. The Kier molecular flexibility index (Phi) is 4.22. The molecule has 3 heterocycles. The zero-order chi connectivity index (χ0) is 21.0. The summed E-state index contributed by atoms with van der Waals surface area (Å²) in [4.78, 5) is 42.7. The highest BCUT2D eigenvalue weighted by Crippen LogP contribution is 2.70. The van der Waals surface area contributed by atoms with E-state index >= 15 is 0 Å². The van der Waals surface area contributed by atoms with Gasteiger partial charge in [-0.1, -0.05) is 0 Å². The van der Waals surface area contributed by atoms with Crippen LogP contribution < -0.4 is 5.69 Å². The summed E-state index contributed by atoms with van der Waals surface area (Å²) in [6.07, 6.45) is 0.983. The predicted molar refractivity (Wildman–Crippen MR) is 86.9 cm³/mol. The number of esters is 2. The molecule has 1 aliphatic carbocycles. The molecule has 0 spiro atoms. The molecule has 1 saturated heterocycles. The second-order valence-electron chi connectivity index (χ2n) is 6.67. The first kappa shape index (κ1) is 19.1. The molecule has 0 aromatic carbocycles. The number of alkyl halides is 2. The van der Waals surface area contributed by atoms with E-state index in [0.717, 1.165) is 18.4 Å². The topological polar surface area (TPSA) is 127 Å². The molecule has 4 atom stereocenters. The minimum Gasteiger partial charge on any atom is -0.463 e. The molecule has 13 heteroatoms. The van der Waals surface area contributed by atoms with E-state index < -0.39 is 54.0 Å². The van der Waals surface area contributed by atoms with Crippen LogP contribution in [0, 0.1) is 5.92 Å². The Labute approximate surface area is 161 Å². The average Bonchev–Trinajstić information content (AvgIpc) is 3.07. The maximum Gasteiger partial charge on any atom is 0.351 e. The van der Waals surface area contributed by atoms with Crippen LogP contribution in [0.25, 0.3) is 5.82 Å². The van der Waals surface area contributed by atoms with Crippen molar-refractivity contribution in [2.45, 2.75) is 37.7 Å². The lowest BCUT2D eigenvalue weighted by atomic mass is 10.2. The molecule has 0 unspecified atom stereocenters. The number of hydrogen-bond acceptors (Lipinski definition) is 9. The van der Waals surface area contributed by atoms with E-state index in [9.17, 15) is 23.2 Å². The lowest BCUT2D eigenvalue weighted by Crippen LogP contribution is -2.40. The summed E-state index contributed by atoms with van der Waals surface area (Å²) >= 11 is 0. The second kappa shape index (κ2) is 6.40. The first-order chi connectivity index (χ1) is 13.7. The largest absolute Gasteiger partial charge is 0.463 e. The molecule has 2 aromatic heterocycles. The summed E-state index contributed by atoms with van der Waals surface area (Å²) < 4.78 is 46.4. The van der Waals surface area contributed by atoms with E-state index in [1.54, 1.807) is 0 Å². The summed E-state index contributed by atoms with van der Waals surface area (Å²) in [6, 6.07) is 1.39. The smallest absolute Gasteiger partial charge is 0.351 e. The van der Waals surface area contributed by atoms with Gasteiger partial charge in [-0.3, -0.25) is 14.2 Å². The van der Waals surface area contributed by atoms with E-state index in [-0.39, 0.29) is 5.82 Å². The highest BCUT2D eigenvalue weighted by molar-refractivity contribution is 5.67. The Morgan fingerprint density at radius 3 is 2.66 bits per heavy atom. The van der Waals surface area contributed by atoms with Gasteiger partial charge in [0.25, 0.3) is 5.92 Å². The maximum absolute atomic E-state index is 14.5. The molecule has 2 aromatic rings. The normalized spacial score (nSPS) is 29.2. The van der Waals surface area contributed by atoms with E-state index in [4.69, 9.17) is 14.2 Å². The summed E-state index contributed by atoms with van der Waals surface area (Å²) in [6.45, 7) is 1.38. The fraction of sp³-hybridized carbons (Fsp3) is 0.500. The van der Waals surface area contributed by atoms with E-state index in [0.29, 0.717) is 0 Å². The summed E-state index contributed by atoms with van der Waals surface area (Å²) in [5.74, 6) is -6.43. The monoisotopic (exact) mass is 411 g/mol. The third-order valence-electron chi connectivity index (χ3n) is 4.85. The molecule has 1 saturated carbocycles. The summed E-state index contributed by atoms with van der Waals surface area (Å²) in [7, 11) is 0. The Bertz CT molecular complexity index is 1030. The van der Waals surface area contributed by atoms with Crippen LogP contribution in [-0.4, -0.2) is 60.5 Å². The second-order valence-corrected chi connectivity index (χ2v) is 6.67. The number of carbonyl (C=O) groups is 2. The van der Waals surface area contributed by atoms with Crippen LogP contribution in [0.5, 0.6) is 0 Å². The highest BCUT2D eigenvalue weighted by Gasteiger charge is 2.91. The number of nitrogens with zero attached hydrogens (tertiary/aromatic N) is 5. The van der Waals surface area contributed by atoms with Crippen LogP contribution in [0.3, 0.4) is 0 Å². The zero-order valence-corrected chi connectivity index (χ0v) is 15.2. The predicted octanol–water partition coefficient (Wildman–Crippen LogP) is -0.149. The van der Waals surface area contributed by atoms with Gasteiger partial charge in [0.15, 0.2) is 23.8 Å². The molecule has 2 fully saturated rings. The van der Waals surface area contributed by atoms with Crippen molar-refractivity contribution in [2.75, 3.05) is 6.61 Å². The van der Waals surface area contributed by atoms with E-state index in [1.807, 2.05) is 0 Å². The molecule has 1 aliphatic heterocycles. The van der Waals surface area contributed by atoms with Gasteiger partial charge in [0.2, 0.25) is 0 Å². The van der Waals surface area contributed by atoms with Crippen LogP contribution in [0.1, 0.15) is 20.1 Å². The minimum atomic E-state index is -3.41. The number of fused-ring (bicyclic) bond motifs is 1. The van der Waals surface area contributed by atoms with Gasteiger partial charge < -0.3 is 14.2 Å². The SMILES string of the molecule is CC(=O)OC[C@@]12O[C@@H](n3ccc(-n4cncn4)nc3=O)[C@H](OC(C)=O)[C@@H]1C2(F)F. The van der Waals surface area contributed by atoms with Gasteiger partial charge in [-0.2, -0.15) is 10.1 Å². The lowest BCUT2D eigenvalue weighted by molar-refractivity contribution is -0.184. The molecule has 0 amide bonds. The van der Waals surface area contributed by atoms with Crippen molar-refractivity contribution >= 4 is 11.9 Å². The third kappa shape index (κ3) is 2.88. The molecule has 0 bridgehead atoms. The Morgan fingerprint density at radius 2 is 2.07 bits per heavy atom. The van der Waals surface area contributed by atoms with Crippen molar-refractivity contribution in [3.8, 4) is 5.82 Å². The molecule has 4 rings (SSSR count). The molecule has 29 heavy (non-hydrogen) atoms. The number of ether oxygens (including phenoxy) is 3. The quantitative estimate of drug-likeness (QED) is 0.617. The third-order valence-corrected chi connectivity index (χ3v) is 4.85. The van der Waals surface area contributed by atoms with Gasteiger partial charge in [0.1, 0.15) is 25.2 Å². The fourth-order valence-electron chi connectivity index (χ4n) is 3.54. The van der Waals surface area contributed by atoms with Gasteiger partial charge >= 0.3 is 17.6 Å². The molecule has 0 radical (unpaired) electrons. The number of rotatable bonds is 5. The van der Waals surface area contributed by atoms with E-state index in [2.05, 4.69) is 15.1 Å². The first-order valence-corrected chi connectivity index (χ1v) is 8.48. The van der Waals surface area contributed by atoms with Crippen molar-refractivity contribution in [3.05, 3.63) is 35.4 Å². The van der Waals surface area contributed by atoms with Crippen molar-refractivity contribution in [1.82, 2.24) is 24.3 Å². The number of halogens is 2. The molecule has 11 nitrogen and oxygen atoms in total.